The number of aromatic amines is 1. The van der Waals surface area contributed by atoms with Crippen molar-refractivity contribution >= 4 is 5.91 Å². The second kappa shape index (κ2) is 6.21. The Hall–Kier alpha value is -2.30. The van der Waals surface area contributed by atoms with E-state index in [9.17, 15) is 4.79 Å². The first-order valence-electron chi connectivity index (χ1n) is 9.08. The Morgan fingerprint density at radius 3 is 2.88 bits per heavy atom. The van der Waals surface area contributed by atoms with E-state index in [-0.39, 0.29) is 11.3 Å². The van der Waals surface area contributed by atoms with Crippen molar-refractivity contribution in [3.05, 3.63) is 47.3 Å². The quantitative estimate of drug-likeness (QED) is 0.931. The van der Waals surface area contributed by atoms with Crippen LogP contribution in [0.3, 0.4) is 0 Å². The number of nitrogens with one attached hydrogen (secondary N) is 1. The van der Waals surface area contributed by atoms with Gasteiger partial charge in [-0.05, 0) is 55.9 Å². The number of hydrogen-bond acceptors (Lipinski definition) is 3. The van der Waals surface area contributed by atoms with Crippen molar-refractivity contribution in [3.63, 3.8) is 0 Å². The van der Waals surface area contributed by atoms with Gasteiger partial charge >= 0.3 is 0 Å². The SMILES string of the molecule is COc1cc(C2(C(=O)N3CCCC(c4ccn[nH]4)C3)CC2)ccc1C. The largest absolute Gasteiger partial charge is 0.496 e. The Morgan fingerprint density at radius 1 is 1.36 bits per heavy atom. The van der Waals surface area contributed by atoms with Crippen molar-refractivity contribution in [1.82, 2.24) is 15.1 Å². The van der Waals surface area contributed by atoms with Crippen molar-refractivity contribution in [3.8, 4) is 5.75 Å². The van der Waals surface area contributed by atoms with Gasteiger partial charge in [-0.3, -0.25) is 9.89 Å². The van der Waals surface area contributed by atoms with Crippen molar-refractivity contribution in [2.24, 2.45) is 0 Å². The standard InChI is InChI=1S/C20H25N3O2/c1-14-5-6-16(12-18(14)25-2)20(8-9-20)19(24)23-11-3-4-15(13-23)17-7-10-21-22-17/h5-7,10,12,15H,3-4,8-9,11,13H2,1-2H3,(H,21,22). The minimum absolute atomic E-state index is 0.280. The van der Waals surface area contributed by atoms with E-state index in [1.54, 1.807) is 13.3 Å². The first-order valence-corrected chi connectivity index (χ1v) is 9.08. The van der Waals surface area contributed by atoms with Gasteiger partial charge in [0.2, 0.25) is 5.91 Å². The molecule has 1 unspecified atom stereocenters. The molecule has 4 rings (SSSR count). The van der Waals surface area contributed by atoms with Gasteiger partial charge < -0.3 is 9.64 Å². The third-order valence-corrected chi connectivity index (χ3v) is 5.79. The Balaban J connectivity index is 1.55. The van der Waals surface area contributed by atoms with Crippen LogP contribution in [0.15, 0.2) is 30.5 Å². The molecule has 1 saturated carbocycles. The smallest absolute Gasteiger partial charge is 0.233 e. The van der Waals surface area contributed by atoms with E-state index in [4.69, 9.17) is 4.74 Å². The highest BCUT2D eigenvalue weighted by Crippen LogP contribution is 2.51. The van der Waals surface area contributed by atoms with E-state index in [0.717, 1.165) is 61.3 Å². The molecule has 1 amide bonds. The lowest BCUT2D eigenvalue weighted by atomic mass is 9.90. The van der Waals surface area contributed by atoms with E-state index in [1.807, 2.05) is 13.0 Å². The molecular weight excluding hydrogens is 314 g/mol. The van der Waals surface area contributed by atoms with Crippen LogP contribution in [0.4, 0.5) is 0 Å². The van der Waals surface area contributed by atoms with E-state index >= 15 is 0 Å². The molecule has 132 valence electrons. The number of methoxy groups -OCH3 is 1. The monoisotopic (exact) mass is 339 g/mol. The molecule has 1 aromatic heterocycles. The molecule has 1 N–H and O–H groups in total. The van der Waals surface area contributed by atoms with Crippen molar-refractivity contribution in [2.75, 3.05) is 20.2 Å². The fourth-order valence-corrected chi connectivity index (χ4v) is 4.08. The minimum Gasteiger partial charge on any atom is -0.496 e. The maximum Gasteiger partial charge on any atom is 0.233 e. The zero-order chi connectivity index (χ0) is 17.4. The maximum absolute atomic E-state index is 13.3. The summed E-state index contributed by atoms with van der Waals surface area (Å²) in [6, 6.07) is 8.23. The highest BCUT2D eigenvalue weighted by Gasteiger charge is 2.53. The lowest BCUT2D eigenvalue weighted by Crippen LogP contribution is -2.44. The van der Waals surface area contributed by atoms with Crippen LogP contribution in [-0.2, 0) is 10.2 Å². The summed E-state index contributed by atoms with van der Waals surface area (Å²) in [5.41, 5.74) is 3.01. The number of likely N-dealkylation sites (tertiary alicyclic amines) is 1. The number of aryl methyl sites for hydroxylation is 1. The molecule has 2 fully saturated rings. The summed E-state index contributed by atoms with van der Waals surface area (Å²) in [7, 11) is 1.69. The number of H-pyrrole nitrogens is 1. The fraction of sp³-hybridized carbons (Fsp3) is 0.500. The average molecular weight is 339 g/mol. The number of rotatable bonds is 4. The van der Waals surface area contributed by atoms with Crippen molar-refractivity contribution < 1.29 is 9.53 Å². The number of carbonyl (C=O) groups excluding carboxylic acids is 1. The highest BCUT2D eigenvalue weighted by atomic mass is 16.5. The predicted octanol–water partition coefficient (Wildman–Crippen LogP) is 3.16. The highest BCUT2D eigenvalue weighted by molar-refractivity contribution is 5.91. The molecule has 1 aliphatic carbocycles. The molecule has 1 saturated heterocycles. The summed E-state index contributed by atoms with van der Waals surface area (Å²) in [4.78, 5) is 15.4. The maximum atomic E-state index is 13.3. The number of amides is 1. The first kappa shape index (κ1) is 16.2. The molecule has 2 aromatic rings. The van der Waals surface area contributed by atoms with Gasteiger partial charge in [-0.15, -0.1) is 0 Å². The van der Waals surface area contributed by atoms with E-state index < -0.39 is 0 Å². The third-order valence-electron chi connectivity index (χ3n) is 5.79. The molecule has 2 aliphatic rings. The van der Waals surface area contributed by atoms with Crippen molar-refractivity contribution in [2.45, 2.75) is 43.9 Å². The molecule has 0 radical (unpaired) electrons. The fourth-order valence-electron chi connectivity index (χ4n) is 4.08. The van der Waals surface area contributed by atoms with Gasteiger partial charge in [0.25, 0.3) is 0 Å². The van der Waals surface area contributed by atoms with Gasteiger partial charge in [0.15, 0.2) is 0 Å². The van der Waals surface area contributed by atoms with Crippen LogP contribution in [0, 0.1) is 6.92 Å². The number of carbonyl (C=O) groups is 1. The van der Waals surface area contributed by atoms with Crippen LogP contribution in [-0.4, -0.2) is 41.2 Å². The number of ether oxygens (including phenoxy) is 1. The molecule has 25 heavy (non-hydrogen) atoms. The number of nitrogens with zero attached hydrogens (tertiary/aromatic N) is 2. The Bertz CT molecular complexity index is 765. The molecule has 1 aliphatic heterocycles. The number of hydrogen-bond donors (Lipinski definition) is 1. The lowest BCUT2D eigenvalue weighted by molar-refractivity contribution is -0.135. The Kier molecular flexibility index (Phi) is 4.02. The predicted molar refractivity (Wildman–Crippen MR) is 95.8 cm³/mol. The summed E-state index contributed by atoms with van der Waals surface area (Å²) < 4.78 is 5.46. The zero-order valence-corrected chi connectivity index (χ0v) is 14.9. The Labute approximate surface area is 148 Å². The van der Waals surface area contributed by atoms with Gasteiger partial charge in [0.1, 0.15) is 5.75 Å². The number of benzene rings is 1. The van der Waals surface area contributed by atoms with Gasteiger partial charge in [-0.2, -0.15) is 5.10 Å². The van der Waals surface area contributed by atoms with E-state index in [2.05, 4.69) is 33.3 Å². The van der Waals surface area contributed by atoms with E-state index in [0.29, 0.717) is 5.92 Å². The zero-order valence-electron chi connectivity index (χ0n) is 14.9. The topological polar surface area (TPSA) is 58.2 Å². The summed E-state index contributed by atoms with van der Waals surface area (Å²) in [6.07, 6.45) is 5.81. The van der Waals surface area contributed by atoms with Crippen LogP contribution in [0.2, 0.25) is 0 Å². The normalized spacial score (nSPS) is 21.8. The van der Waals surface area contributed by atoms with E-state index in [1.165, 1.54) is 0 Å². The number of piperidine rings is 1. The average Bonchev–Trinajstić information content (AvgIpc) is 3.27. The molecule has 0 bridgehead atoms. The summed E-state index contributed by atoms with van der Waals surface area (Å²) in [5, 5.41) is 7.13. The van der Waals surface area contributed by atoms with Crippen LogP contribution in [0.5, 0.6) is 5.75 Å². The summed E-state index contributed by atoms with van der Waals surface area (Å²) >= 11 is 0. The minimum atomic E-state index is -0.336. The molecule has 1 atom stereocenters. The Morgan fingerprint density at radius 2 is 2.20 bits per heavy atom. The van der Waals surface area contributed by atoms with Crippen LogP contribution in [0.1, 0.15) is 48.4 Å². The van der Waals surface area contributed by atoms with Crippen LogP contribution in [0.25, 0.3) is 0 Å². The van der Waals surface area contributed by atoms with Crippen LogP contribution >= 0.6 is 0 Å². The summed E-state index contributed by atoms with van der Waals surface area (Å²) in [5.74, 6) is 1.51. The lowest BCUT2D eigenvalue weighted by Gasteiger charge is -2.35. The first-order chi connectivity index (χ1) is 12.1. The van der Waals surface area contributed by atoms with Gasteiger partial charge in [0, 0.05) is 30.9 Å². The second-order valence-corrected chi connectivity index (χ2v) is 7.37. The summed E-state index contributed by atoms with van der Waals surface area (Å²) in [6.45, 7) is 3.67. The second-order valence-electron chi connectivity index (χ2n) is 7.37. The van der Waals surface area contributed by atoms with Crippen molar-refractivity contribution in [1.29, 1.82) is 0 Å². The van der Waals surface area contributed by atoms with Gasteiger partial charge in [-0.25, -0.2) is 0 Å². The van der Waals surface area contributed by atoms with Crippen LogP contribution < -0.4 is 4.74 Å². The van der Waals surface area contributed by atoms with Gasteiger partial charge in [0.05, 0.1) is 12.5 Å². The number of aromatic nitrogens is 2. The molecule has 0 spiro atoms. The molecule has 1 aromatic carbocycles. The molecule has 5 heteroatoms. The molecular formula is C20H25N3O2. The molecule has 2 heterocycles. The van der Waals surface area contributed by atoms with Gasteiger partial charge in [-0.1, -0.05) is 12.1 Å². The molecule has 5 nitrogen and oxygen atoms in total. The third kappa shape index (κ3) is 2.81.